The third kappa shape index (κ3) is 3.33. The van der Waals surface area contributed by atoms with Crippen LogP contribution in [-0.4, -0.2) is 10.1 Å². The molecule has 17 heavy (non-hydrogen) atoms. The fourth-order valence-corrected chi connectivity index (χ4v) is 2.52. The van der Waals surface area contributed by atoms with Gasteiger partial charge in [-0.25, -0.2) is 4.98 Å². The summed E-state index contributed by atoms with van der Waals surface area (Å²) >= 11 is 13.3. The van der Waals surface area contributed by atoms with E-state index < -0.39 is 0 Å². The van der Waals surface area contributed by atoms with Crippen LogP contribution in [-0.2, 0) is 13.1 Å². The predicted octanol–water partition coefficient (Wildman–Crippen LogP) is 3.45. The van der Waals surface area contributed by atoms with Gasteiger partial charge in [0.25, 0.3) is 0 Å². The summed E-state index contributed by atoms with van der Waals surface area (Å²) in [4.78, 5) is 4.15. The average Bonchev–Trinajstić information content (AvgIpc) is 2.78. The van der Waals surface area contributed by atoms with Crippen LogP contribution in [0.15, 0.2) is 23.7 Å². The van der Waals surface area contributed by atoms with Crippen LogP contribution in [0.4, 0.5) is 0 Å². The average molecular weight is 289 g/mol. The molecule has 0 radical (unpaired) electrons. The minimum absolute atomic E-state index is 0.0719. The van der Waals surface area contributed by atoms with E-state index >= 15 is 0 Å². The zero-order valence-electron chi connectivity index (χ0n) is 8.78. The van der Waals surface area contributed by atoms with Gasteiger partial charge in [0.2, 0.25) is 0 Å². The Morgan fingerprint density at radius 3 is 2.82 bits per heavy atom. The highest BCUT2D eigenvalue weighted by atomic mass is 35.5. The molecule has 0 saturated heterocycles. The first-order valence-corrected chi connectivity index (χ1v) is 6.56. The first-order valence-electron chi connectivity index (χ1n) is 4.93. The monoisotopic (exact) mass is 288 g/mol. The topological polar surface area (TPSA) is 45.1 Å². The van der Waals surface area contributed by atoms with Gasteiger partial charge in [0.15, 0.2) is 0 Å². The Labute approximate surface area is 113 Å². The fourth-order valence-electron chi connectivity index (χ4n) is 1.40. The summed E-state index contributed by atoms with van der Waals surface area (Å²) in [7, 11) is 0. The van der Waals surface area contributed by atoms with Crippen LogP contribution in [0.2, 0.25) is 10.0 Å². The Morgan fingerprint density at radius 2 is 2.12 bits per heavy atom. The molecule has 2 rings (SSSR count). The van der Waals surface area contributed by atoms with E-state index in [0.29, 0.717) is 23.7 Å². The molecule has 0 saturated carbocycles. The Kier molecular flexibility index (Phi) is 4.23. The summed E-state index contributed by atoms with van der Waals surface area (Å²) in [5.41, 5.74) is 0.680. The molecular weight excluding hydrogens is 279 g/mol. The van der Waals surface area contributed by atoms with Crippen molar-refractivity contribution in [2.24, 2.45) is 0 Å². The van der Waals surface area contributed by atoms with Crippen LogP contribution >= 0.6 is 34.5 Å². The van der Waals surface area contributed by atoms with E-state index in [0.717, 1.165) is 5.01 Å². The largest absolute Gasteiger partial charge is 0.506 e. The second-order valence-electron chi connectivity index (χ2n) is 3.42. The van der Waals surface area contributed by atoms with E-state index in [1.54, 1.807) is 23.6 Å². The number of nitrogens with one attached hydrogen (secondary N) is 1. The van der Waals surface area contributed by atoms with Crippen molar-refractivity contribution in [2.45, 2.75) is 13.1 Å². The molecule has 0 amide bonds. The van der Waals surface area contributed by atoms with Crippen LogP contribution in [0, 0.1) is 0 Å². The number of rotatable bonds is 4. The molecule has 0 fully saturated rings. The van der Waals surface area contributed by atoms with Gasteiger partial charge < -0.3 is 10.4 Å². The van der Waals surface area contributed by atoms with Gasteiger partial charge in [-0.15, -0.1) is 11.3 Å². The molecule has 0 spiro atoms. The molecule has 0 aliphatic carbocycles. The maximum absolute atomic E-state index is 9.74. The number of benzene rings is 1. The number of hydrogen-bond acceptors (Lipinski definition) is 4. The minimum Gasteiger partial charge on any atom is -0.506 e. The number of hydrogen-bond donors (Lipinski definition) is 2. The van der Waals surface area contributed by atoms with Gasteiger partial charge in [-0.1, -0.05) is 23.2 Å². The Morgan fingerprint density at radius 1 is 1.29 bits per heavy atom. The lowest BCUT2D eigenvalue weighted by Gasteiger charge is -2.07. The molecular formula is C11H10Cl2N2OS. The lowest BCUT2D eigenvalue weighted by molar-refractivity contribution is 0.464. The van der Waals surface area contributed by atoms with Gasteiger partial charge in [-0.2, -0.15) is 0 Å². The summed E-state index contributed by atoms with van der Waals surface area (Å²) in [6.45, 7) is 1.15. The number of aromatic hydroxyl groups is 1. The van der Waals surface area contributed by atoms with Crippen LogP contribution in [0.1, 0.15) is 10.6 Å². The highest BCUT2D eigenvalue weighted by molar-refractivity contribution is 7.09. The van der Waals surface area contributed by atoms with Crippen molar-refractivity contribution in [1.82, 2.24) is 10.3 Å². The van der Waals surface area contributed by atoms with E-state index in [1.807, 2.05) is 5.38 Å². The standard InChI is InChI=1S/C11H10Cl2N2OS/c12-8-3-7(11(16)9(13)4-8)5-14-6-10-15-1-2-17-10/h1-4,14,16H,5-6H2. The van der Waals surface area contributed by atoms with Crippen molar-refractivity contribution in [3.05, 3.63) is 44.3 Å². The summed E-state index contributed by atoms with van der Waals surface area (Å²) in [5.74, 6) is 0.0719. The SMILES string of the molecule is Oc1c(Cl)cc(Cl)cc1CNCc1nccs1. The Balaban J connectivity index is 1.99. The van der Waals surface area contributed by atoms with Gasteiger partial charge in [0.05, 0.1) is 5.02 Å². The molecule has 0 aliphatic heterocycles. The normalized spacial score (nSPS) is 10.7. The van der Waals surface area contributed by atoms with Crippen molar-refractivity contribution >= 4 is 34.5 Å². The van der Waals surface area contributed by atoms with Crippen LogP contribution in [0.3, 0.4) is 0 Å². The molecule has 1 heterocycles. The van der Waals surface area contributed by atoms with E-state index in [-0.39, 0.29) is 10.8 Å². The van der Waals surface area contributed by atoms with Crippen LogP contribution in [0.25, 0.3) is 0 Å². The van der Waals surface area contributed by atoms with Gasteiger partial charge >= 0.3 is 0 Å². The summed E-state index contributed by atoms with van der Waals surface area (Å²) in [5, 5.41) is 16.6. The number of nitrogens with zero attached hydrogens (tertiary/aromatic N) is 1. The van der Waals surface area contributed by atoms with E-state index in [4.69, 9.17) is 23.2 Å². The highest BCUT2D eigenvalue weighted by Gasteiger charge is 2.07. The molecule has 2 aromatic rings. The zero-order chi connectivity index (χ0) is 12.3. The third-order valence-corrected chi connectivity index (χ3v) is 3.47. The maximum atomic E-state index is 9.74. The summed E-state index contributed by atoms with van der Waals surface area (Å²) < 4.78 is 0. The number of thiazole rings is 1. The molecule has 0 bridgehead atoms. The molecule has 1 aromatic carbocycles. The van der Waals surface area contributed by atoms with Crippen molar-refractivity contribution < 1.29 is 5.11 Å². The number of phenolic OH excluding ortho intramolecular Hbond substituents is 1. The van der Waals surface area contributed by atoms with Gasteiger partial charge in [0, 0.05) is 35.3 Å². The van der Waals surface area contributed by atoms with Crippen LogP contribution in [0.5, 0.6) is 5.75 Å². The molecule has 0 aliphatic rings. The quantitative estimate of drug-likeness (QED) is 0.906. The van der Waals surface area contributed by atoms with E-state index in [2.05, 4.69) is 10.3 Å². The van der Waals surface area contributed by atoms with Crippen molar-refractivity contribution in [2.75, 3.05) is 0 Å². The van der Waals surface area contributed by atoms with Gasteiger partial charge in [-0.3, -0.25) is 0 Å². The second kappa shape index (κ2) is 5.69. The number of aromatic nitrogens is 1. The Hall–Kier alpha value is -0.810. The lowest BCUT2D eigenvalue weighted by Crippen LogP contribution is -2.12. The highest BCUT2D eigenvalue weighted by Crippen LogP contribution is 2.30. The molecule has 0 atom stereocenters. The first-order chi connectivity index (χ1) is 8.16. The smallest absolute Gasteiger partial charge is 0.138 e. The molecule has 6 heteroatoms. The fraction of sp³-hybridized carbons (Fsp3) is 0.182. The third-order valence-electron chi connectivity index (χ3n) is 2.18. The summed E-state index contributed by atoms with van der Waals surface area (Å²) in [6.07, 6.45) is 1.76. The van der Waals surface area contributed by atoms with Gasteiger partial charge in [0.1, 0.15) is 10.8 Å². The molecule has 0 unspecified atom stereocenters. The Bertz CT molecular complexity index is 502. The van der Waals surface area contributed by atoms with Crippen molar-refractivity contribution in [3.63, 3.8) is 0 Å². The van der Waals surface area contributed by atoms with E-state index in [1.165, 1.54) is 6.07 Å². The van der Waals surface area contributed by atoms with Crippen molar-refractivity contribution in [1.29, 1.82) is 0 Å². The summed E-state index contributed by atoms with van der Waals surface area (Å²) in [6, 6.07) is 3.21. The number of halogens is 2. The minimum atomic E-state index is 0.0719. The first kappa shape index (κ1) is 12.6. The molecule has 3 nitrogen and oxygen atoms in total. The van der Waals surface area contributed by atoms with E-state index in [9.17, 15) is 5.11 Å². The van der Waals surface area contributed by atoms with Crippen LogP contribution < -0.4 is 5.32 Å². The second-order valence-corrected chi connectivity index (χ2v) is 5.25. The molecule has 2 N–H and O–H groups in total. The lowest BCUT2D eigenvalue weighted by atomic mass is 10.2. The molecule has 1 aromatic heterocycles. The number of phenols is 1. The zero-order valence-corrected chi connectivity index (χ0v) is 11.1. The maximum Gasteiger partial charge on any atom is 0.138 e. The van der Waals surface area contributed by atoms with Gasteiger partial charge in [-0.05, 0) is 12.1 Å². The van der Waals surface area contributed by atoms with Crippen molar-refractivity contribution in [3.8, 4) is 5.75 Å². The molecule has 90 valence electrons. The predicted molar refractivity (Wildman–Crippen MR) is 70.8 cm³/mol.